The molecule has 0 aliphatic heterocycles. The summed E-state index contributed by atoms with van der Waals surface area (Å²) in [7, 11) is 0. The molecule has 1 heterocycles. The van der Waals surface area contributed by atoms with Gasteiger partial charge in [0.05, 0.1) is 0 Å². The summed E-state index contributed by atoms with van der Waals surface area (Å²) in [5, 5.41) is 0. The summed E-state index contributed by atoms with van der Waals surface area (Å²) in [5.41, 5.74) is 8.74. The van der Waals surface area contributed by atoms with Gasteiger partial charge in [0, 0.05) is 25.0 Å². The third-order valence-corrected chi connectivity index (χ3v) is 3.99. The Morgan fingerprint density at radius 1 is 1.45 bits per heavy atom. The lowest BCUT2D eigenvalue weighted by Crippen LogP contribution is -2.17. The molecule has 4 nitrogen and oxygen atoms in total. The third kappa shape index (κ3) is 2.56. The van der Waals surface area contributed by atoms with Crippen LogP contribution in [0, 0.1) is 0 Å². The highest BCUT2D eigenvalue weighted by Crippen LogP contribution is 2.30. The number of aryl methyl sites for hydroxylation is 2. The van der Waals surface area contributed by atoms with Crippen LogP contribution in [0.2, 0.25) is 0 Å². The smallest absolute Gasteiger partial charge is 0.146 e. The van der Waals surface area contributed by atoms with E-state index in [2.05, 4.69) is 28.6 Å². The fraction of sp³-hybridized carbons (Fsp3) is 0.438. The number of hydrogen-bond acceptors (Lipinski definition) is 3. The van der Waals surface area contributed by atoms with Crippen LogP contribution in [-0.2, 0) is 19.6 Å². The van der Waals surface area contributed by atoms with Crippen molar-refractivity contribution in [1.82, 2.24) is 9.55 Å². The van der Waals surface area contributed by atoms with Gasteiger partial charge in [-0.3, -0.25) is 0 Å². The van der Waals surface area contributed by atoms with E-state index in [0.717, 1.165) is 37.4 Å². The number of fused-ring (bicyclic) bond motifs is 1. The van der Waals surface area contributed by atoms with Gasteiger partial charge in [-0.25, -0.2) is 4.98 Å². The number of nitrogens with zero attached hydrogens (tertiary/aromatic N) is 2. The maximum Gasteiger partial charge on any atom is 0.146 e. The van der Waals surface area contributed by atoms with Crippen LogP contribution in [-0.4, -0.2) is 9.55 Å². The van der Waals surface area contributed by atoms with E-state index in [1.807, 2.05) is 18.5 Å². The quantitative estimate of drug-likeness (QED) is 0.930. The molecule has 106 valence electrons. The average Bonchev–Trinajstić information content (AvgIpc) is 2.92. The number of imidazole rings is 1. The molecule has 0 saturated heterocycles. The number of benzene rings is 1. The summed E-state index contributed by atoms with van der Waals surface area (Å²) >= 11 is 0. The molecule has 2 N–H and O–H groups in total. The van der Waals surface area contributed by atoms with Crippen LogP contribution in [0.3, 0.4) is 0 Å². The van der Waals surface area contributed by atoms with Crippen LogP contribution in [0.25, 0.3) is 0 Å². The Kier molecular flexibility index (Phi) is 3.74. The van der Waals surface area contributed by atoms with Crippen LogP contribution in [0.4, 0.5) is 0 Å². The van der Waals surface area contributed by atoms with Crippen molar-refractivity contribution >= 4 is 0 Å². The molecular formula is C16H21N3O. The Bertz CT molecular complexity index is 591. The highest BCUT2D eigenvalue weighted by atomic mass is 16.5. The summed E-state index contributed by atoms with van der Waals surface area (Å²) in [6, 6.07) is 6.45. The maximum absolute atomic E-state index is 6.13. The first-order valence-electron chi connectivity index (χ1n) is 7.29. The summed E-state index contributed by atoms with van der Waals surface area (Å²) in [4.78, 5) is 4.32. The molecule has 0 radical (unpaired) electrons. The molecule has 4 heteroatoms. The van der Waals surface area contributed by atoms with Crippen molar-refractivity contribution in [2.24, 2.45) is 5.73 Å². The molecule has 1 atom stereocenters. The first kappa shape index (κ1) is 13.2. The van der Waals surface area contributed by atoms with E-state index >= 15 is 0 Å². The average molecular weight is 271 g/mol. The van der Waals surface area contributed by atoms with Crippen molar-refractivity contribution in [1.29, 1.82) is 0 Å². The zero-order valence-electron chi connectivity index (χ0n) is 11.9. The Hall–Kier alpha value is -1.81. The van der Waals surface area contributed by atoms with Gasteiger partial charge >= 0.3 is 0 Å². The molecular weight excluding hydrogens is 250 g/mol. The molecule has 1 aromatic heterocycles. The van der Waals surface area contributed by atoms with Crippen LogP contribution < -0.4 is 10.5 Å². The van der Waals surface area contributed by atoms with Gasteiger partial charge in [0.1, 0.15) is 18.2 Å². The number of ether oxygens (including phenoxy) is 1. The van der Waals surface area contributed by atoms with Gasteiger partial charge in [-0.05, 0) is 49.4 Å². The van der Waals surface area contributed by atoms with Crippen LogP contribution in [0.5, 0.6) is 5.75 Å². The predicted octanol–water partition coefficient (Wildman–Crippen LogP) is 2.82. The number of nitrogens with two attached hydrogens (primary N) is 1. The second kappa shape index (κ2) is 5.67. The van der Waals surface area contributed by atoms with E-state index in [0.29, 0.717) is 6.61 Å². The Morgan fingerprint density at radius 2 is 2.35 bits per heavy atom. The van der Waals surface area contributed by atoms with Crippen LogP contribution in [0.1, 0.15) is 42.8 Å². The Morgan fingerprint density at radius 3 is 3.20 bits per heavy atom. The largest absolute Gasteiger partial charge is 0.486 e. The summed E-state index contributed by atoms with van der Waals surface area (Å²) in [6.07, 6.45) is 7.14. The first-order valence-corrected chi connectivity index (χ1v) is 7.29. The lowest BCUT2D eigenvalue weighted by atomic mass is 9.88. The molecule has 20 heavy (non-hydrogen) atoms. The standard InChI is InChI=1S/C16H21N3O/c1-2-19-9-8-18-16(19)11-20-13-6-7-14-12(10-13)4-3-5-15(14)17/h6-10,15H,2-5,11,17H2,1H3. The third-order valence-electron chi connectivity index (χ3n) is 3.99. The first-order chi connectivity index (χ1) is 9.78. The van der Waals surface area contributed by atoms with Crippen molar-refractivity contribution in [2.75, 3.05) is 0 Å². The zero-order valence-corrected chi connectivity index (χ0v) is 11.9. The van der Waals surface area contributed by atoms with E-state index in [9.17, 15) is 0 Å². The van der Waals surface area contributed by atoms with Crippen LogP contribution in [0.15, 0.2) is 30.6 Å². The number of hydrogen-bond donors (Lipinski definition) is 1. The van der Waals surface area contributed by atoms with E-state index in [4.69, 9.17) is 10.5 Å². The highest BCUT2D eigenvalue weighted by Gasteiger charge is 2.17. The minimum Gasteiger partial charge on any atom is -0.486 e. The molecule has 0 amide bonds. The van der Waals surface area contributed by atoms with E-state index in [-0.39, 0.29) is 6.04 Å². The molecule has 0 saturated carbocycles. The fourth-order valence-electron chi connectivity index (χ4n) is 2.83. The van der Waals surface area contributed by atoms with Crippen molar-refractivity contribution in [3.63, 3.8) is 0 Å². The van der Waals surface area contributed by atoms with Crippen molar-refractivity contribution in [3.8, 4) is 5.75 Å². The van der Waals surface area contributed by atoms with Gasteiger partial charge in [0.15, 0.2) is 0 Å². The Labute approximate surface area is 119 Å². The van der Waals surface area contributed by atoms with Gasteiger partial charge in [-0.1, -0.05) is 6.07 Å². The lowest BCUT2D eigenvalue weighted by molar-refractivity contribution is 0.289. The SMILES string of the molecule is CCn1ccnc1COc1ccc2c(c1)CCCC2N. The van der Waals surface area contributed by atoms with Crippen molar-refractivity contribution in [2.45, 2.75) is 45.4 Å². The zero-order chi connectivity index (χ0) is 13.9. The minimum atomic E-state index is 0.187. The van der Waals surface area contributed by atoms with E-state index in [1.54, 1.807) is 0 Å². The van der Waals surface area contributed by atoms with E-state index < -0.39 is 0 Å². The molecule has 1 unspecified atom stereocenters. The molecule has 0 bridgehead atoms. The van der Waals surface area contributed by atoms with Crippen molar-refractivity contribution < 1.29 is 4.74 Å². The Balaban J connectivity index is 1.72. The van der Waals surface area contributed by atoms with E-state index in [1.165, 1.54) is 11.1 Å². The molecule has 1 aliphatic carbocycles. The summed E-state index contributed by atoms with van der Waals surface area (Å²) in [6.45, 7) is 3.52. The molecule has 1 aromatic carbocycles. The summed E-state index contributed by atoms with van der Waals surface area (Å²) in [5.74, 6) is 1.87. The number of rotatable bonds is 4. The molecule has 0 fully saturated rings. The molecule has 1 aliphatic rings. The molecule has 3 rings (SSSR count). The second-order valence-electron chi connectivity index (χ2n) is 5.28. The predicted molar refractivity (Wildman–Crippen MR) is 78.5 cm³/mol. The normalized spacial score (nSPS) is 17.8. The molecule has 0 spiro atoms. The van der Waals surface area contributed by atoms with Gasteiger partial charge in [0.25, 0.3) is 0 Å². The number of aromatic nitrogens is 2. The lowest BCUT2D eigenvalue weighted by Gasteiger charge is -2.22. The van der Waals surface area contributed by atoms with Crippen molar-refractivity contribution in [3.05, 3.63) is 47.5 Å². The maximum atomic E-state index is 6.13. The minimum absolute atomic E-state index is 0.187. The second-order valence-corrected chi connectivity index (χ2v) is 5.28. The fourth-order valence-corrected chi connectivity index (χ4v) is 2.83. The van der Waals surface area contributed by atoms with Gasteiger partial charge < -0.3 is 15.0 Å². The van der Waals surface area contributed by atoms with Gasteiger partial charge in [-0.2, -0.15) is 0 Å². The van der Waals surface area contributed by atoms with Crippen LogP contribution >= 0.6 is 0 Å². The molecule has 2 aromatic rings. The summed E-state index contributed by atoms with van der Waals surface area (Å²) < 4.78 is 7.96. The van der Waals surface area contributed by atoms with Gasteiger partial charge in [0.2, 0.25) is 0 Å². The van der Waals surface area contributed by atoms with Gasteiger partial charge in [-0.15, -0.1) is 0 Å². The topological polar surface area (TPSA) is 53.1 Å². The monoisotopic (exact) mass is 271 g/mol. The highest BCUT2D eigenvalue weighted by molar-refractivity contribution is 5.38.